The highest BCUT2D eigenvalue weighted by Gasteiger charge is 2.10. The lowest BCUT2D eigenvalue weighted by molar-refractivity contribution is -0.131. The van der Waals surface area contributed by atoms with Crippen LogP contribution in [0.5, 0.6) is 5.75 Å². The lowest BCUT2D eigenvalue weighted by atomic mass is 9.93. The summed E-state index contributed by atoms with van der Waals surface area (Å²) >= 11 is 0. The molecule has 1 aromatic carbocycles. The van der Waals surface area contributed by atoms with Gasteiger partial charge in [0.25, 0.3) is 0 Å². The number of ether oxygens (including phenoxy) is 1. The van der Waals surface area contributed by atoms with Gasteiger partial charge in [-0.3, -0.25) is 0 Å². The van der Waals surface area contributed by atoms with Crippen molar-refractivity contribution in [1.29, 1.82) is 0 Å². The second-order valence-electron chi connectivity index (χ2n) is 5.37. The molecular formula is C15H20O3. The van der Waals surface area contributed by atoms with Crippen molar-refractivity contribution in [2.75, 3.05) is 6.61 Å². The Balaban J connectivity index is 2.68. The molecule has 0 unspecified atom stereocenters. The number of rotatable bonds is 5. The topological polar surface area (TPSA) is 46.5 Å². The molecule has 1 aromatic rings. The highest BCUT2D eigenvalue weighted by atomic mass is 16.5. The SMILES string of the molecule is CC(C)(C)CCOc1ccccc1/C=C/C(=O)O. The standard InChI is InChI=1S/C15H20O3/c1-15(2,3)10-11-18-13-7-5-4-6-12(13)8-9-14(16)17/h4-9H,10-11H2,1-3H3,(H,16,17)/b9-8+. The molecule has 0 saturated carbocycles. The zero-order valence-electron chi connectivity index (χ0n) is 11.1. The molecule has 0 amide bonds. The number of para-hydroxylation sites is 1. The van der Waals surface area contributed by atoms with E-state index in [4.69, 9.17) is 9.84 Å². The Kier molecular flexibility index (Phi) is 4.95. The van der Waals surface area contributed by atoms with Crippen LogP contribution in [0.4, 0.5) is 0 Å². The maximum absolute atomic E-state index is 10.5. The van der Waals surface area contributed by atoms with Gasteiger partial charge in [-0.2, -0.15) is 0 Å². The van der Waals surface area contributed by atoms with Gasteiger partial charge in [0.2, 0.25) is 0 Å². The lowest BCUT2D eigenvalue weighted by Gasteiger charge is -2.18. The van der Waals surface area contributed by atoms with E-state index in [0.717, 1.165) is 23.8 Å². The molecule has 0 aliphatic carbocycles. The first-order chi connectivity index (χ1) is 8.38. The van der Waals surface area contributed by atoms with E-state index in [0.29, 0.717) is 6.61 Å². The van der Waals surface area contributed by atoms with Crippen LogP contribution in [0, 0.1) is 5.41 Å². The summed E-state index contributed by atoms with van der Waals surface area (Å²) in [6.45, 7) is 7.10. The summed E-state index contributed by atoms with van der Waals surface area (Å²) in [6.07, 6.45) is 3.62. The molecular weight excluding hydrogens is 228 g/mol. The number of carbonyl (C=O) groups is 1. The molecule has 0 heterocycles. The molecule has 0 aliphatic heterocycles. The molecule has 1 rings (SSSR count). The van der Waals surface area contributed by atoms with Crippen molar-refractivity contribution in [2.45, 2.75) is 27.2 Å². The average molecular weight is 248 g/mol. The Hall–Kier alpha value is -1.77. The van der Waals surface area contributed by atoms with E-state index in [2.05, 4.69) is 20.8 Å². The van der Waals surface area contributed by atoms with Crippen molar-refractivity contribution in [3.63, 3.8) is 0 Å². The minimum atomic E-state index is -0.959. The summed E-state index contributed by atoms with van der Waals surface area (Å²) < 4.78 is 5.70. The summed E-state index contributed by atoms with van der Waals surface area (Å²) in [7, 11) is 0. The maximum Gasteiger partial charge on any atom is 0.328 e. The minimum absolute atomic E-state index is 0.228. The highest BCUT2D eigenvalue weighted by Crippen LogP contribution is 2.22. The van der Waals surface area contributed by atoms with Crippen molar-refractivity contribution in [2.24, 2.45) is 5.41 Å². The summed E-state index contributed by atoms with van der Waals surface area (Å²) in [4.78, 5) is 10.5. The Morgan fingerprint density at radius 3 is 2.61 bits per heavy atom. The first kappa shape index (κ1) is 14.3. The maximum atomic E-state index is 10.5. The molecule has 0 spiro atoms. The highest BCUT2D eigenvalue weighted by molar-refractivity contribution is 5.85. The second-order valence-corrected chi connectivity index (χ2v) is 5.37. The molecule has 0 aliphatic rings. The average Bonchev–Trinajstić information content (AvgIpc) is 2.26. The van der Waals surface area contributed by atoms with E-state index in [1.807, 2.05) is 24.3 Å². The molecule has 0 atom stereocenters. The largest absolute Gasteiger partial charge is 0.493 e. The number of aliphatic carboxylic acids is 1. The van der Waals surface area contributed by atoms with Crippen LogP contribution in [0.25, 0.3) is 6.08 Å². The Bertz CT molecular complexity index is 428. The van der Waals surface area contributed by atoms with Crippen molar-refractivity contribution in [3.05, 3.63) is 35.9 Å². The first-order valence-electron chi connectivity index (χ1n) is 6.01. The fourth-order valence-corrected chi connectivity index (χ4v) is 1.38. The molecule has 0 fully saturated rings. The molecule has 0 saturated heterocycles. The zero-order chi connectivity index (χ0) is 13.6. The molecule has 0 bridgehead atoms. The van der Waals surface area contributed by atoms with E-state index in [1.165, 1.54) is 0 Å². The third-order valence-electron chi connectivity index (χ3n) is 2.43. The van der Waals surface area contributed by atoms with Gasteiger partial charge in [-0.1, -0.05) is 39.0 Å². The fourth-order valence-electron chi connectivity index (χ4n) is 1.38. The summed E-state index contributed by atoms with van der Waals surface area (Å²) in [5.41, 5.74) is 1.01. The summed E-state index contributed by atoms with van der Waals surface area (Å²) in [5, 5.41) is 8.62. The minimum Gasteiger partial charge on any atom is -0.493 e. The molecule has 3 nitrogen and oxygen atoms in total. The quantitative estimate of drug-likeness (QED) is 0.810. The third kappa shape index (κ3) is 5.53. The van der Waals surface area contributed by atoms with Gasteiger partial charge >= 0.3 is 5.97 Å². The normalized spacial score (nSPS) is 11.7. The van der Waals surface area contributed by atoms with Gasteiger partial charge in [0.05, 0.1) is 6.61 Å². The van der Waals surface area contributed by atoms with Crippen LogP contribution >= 0.6 is 0 Å². The van der Waals surface area contributed by atoms with Gasteiger partial charge in [-0.15, -0.1) is 0 Å². The van der Waals surface area contributed by atoms with Gasteiger partial charge in [-0.05, 0) is 24.0 Å². The number of benzene rings is 1. The van der Waals surface area contributed by atoms with E-state index < -0.39 is 5.97 Å². The Morgan fingerprint density at radius 1 is 1.33 bits per heavy atom. The van der Waals surface area contributed by atoms with E-state index in [9.17, 15) is 4.79 Å². The van der Waals surface area contributed by atoms with Crippen LogP contribution in [0.2, 0.25) is 0 Å². The van der Waals surface area contributed by atoms with Gasteiger partial charge in [0.1, 0.15) is 5.75 Å². The predicted molar refractivity (Wildman–Crippen MR) is 72.7 cm³/mol. The van der Waals surface area contributed by atoms with Gasteiger partial charge in [-0.25, -0.2) is 4.79 Å². The van der Waals surface area contributed by atoms with E-state index in [1.54, 1.807) is 6.08 Å². The van der Waals surface area contributed by atoms with Crippen molar-refractivity contribution in [1.82, 2.24) is 0 Å². The Morgan fingerprint density at radius 2 is 2.00 bits per heavy atom. The van der Waals surface area contributed by atoms with Gasteiger partial charge < -0.3 is 9.84 Å². The number of hydrogen-bond donors (Lipinski definition) is 1. The fraction of sp³-hybridized carbons (Fsp3) is 0.400. The van der Waals surface area contributed by atoms with Crippen LogP contribution in [-0.4, -0.2) is 17.7 Å². The van der Waals surface area contributed by atoms with Gasteiger partial charge in [0.15, 0.2) is 0 Å². The monoisotopic (exact) mass is 248 g/mol. The van der Waals surface area contributed by atoms with Gasteiger partial charge in [0, 0.05) is 11.6 Å². The molecule has 0 aromatic heterocycles. The van der Waals surface area contributed by atoms with Crippen LogP contribution in [0.3, 0.4) is 0 Å². The van der Waals surface area contributed by atoms with E-state index >= 15 is 0 Å². The second kappa shape index (κ2) is 6.24. The van der Waals surface area contributed by atoms with E-state index in [-0.39, 0.29) is 5.41 Å². The Labute approximate surface area is 108 Å². The summed E-state index contributed by atoms with van der Waals surface area (Å²) in [5.74, 6) is -0.237. The van der Waals surface area contributed by atoms with Crippen LogP contribution < -0.4 is 4.74 Å². The smallest absolute Gasteiger partial charge is 0.328 e. The van der Waals surface area contributed by atoms with Crippen molar-refractivity contribution >= 4 is 12.0 Å². The number of hydrogen-bond acceptors (Lipinski definition) is 2. The zero-order valence-corrected chi connectivity index (χ0v) is 11.1. The summed E-state index contributed by atoms with van der Waals surface area (Å²) in [6, 6.07) is 7.43. The van der Waals surface area contributed by atoms with Crippen molar-refractivity contribution in [3.8, 4) is 5.75 Å². The van der Waals surface area contributed by atoms with Crippen LogP contribution in [0.1, 0.15) is 32.8 Å². The number of carboxylic acid groups (broad SMARTS) is 1. The number of carboxylic acids is 1. The third-order valence-corrected chi connectivity index (χ3v) is 2.43. The van der Waals surface area contributed by atoms with Crippen molar-refractivity contribution < 1.29 is 14.6 Å². The molecule has 0 radical (unpaired) electrons. The van der Waals surface area contributed by atoms with Crippen LogP contribution in [0.15, 0.2) is 30.3 Å². The molecule has 1 N–H and O–H groups in total. The molecule has 18 heavy (non-hydrogen) atoms. The molecule has 98 valence electrons. The predicted octanol–water partition coefficient (Wildman–Crippen LogP) is 3.60. The van der Waals surface area contributed by atoms with Crippen LogP contribution in [-0.2, 0) is 4.79 Å². The molecule has 3 heteroatoms. The first-order valence-corrected chi connectivity index (χ1v) is 6.01. The lowest BCUT2D eigenvalue weighted by Crippen LogP contribution is -2.11.